The zero-order chi connectivity index (χ0) is 11.4. The van der Waals surface area contributed by atoms with E-state index in [0.29, 0.717) is 5.82 Å². The van der Waals surface area contributed by atoms with Gasteiger partial charge in [-0.05, 0) is 37.5 Å². The first-order valence-corrected chi connectivity index (χ1v) is 4.97. The molecular weight excluding hydrogens is 198 g/mol. The predicted octanol–water partition coefficient (Wildman–Crippen LogP) is 1.89. The van der Waals surface area contributed by atoms with Crippen LogP contribution in [0.15, 0.2) is 30.7 Å². The Bertz CT molecular complexity index is 481. The molecule has 0 N–H and O–H groups in total. The van der Waals surface area contributed by atoms with E-state index in [0.717, 1.165) is 16.8 Å². The Morgan fingerprint density at radius 2 is 1.62 bits per heavy atom. The minimum atomic E-state index is 0.533. The molecule has 0 atom stereocenters. The highest BCUT2D eigenvalue weighted by atomic mass is 14.8. The van der Waals surface area contributed by atoms with Crippen LogP contribution in [-0.2, 0) is 0 Å². The summed E-state index contributed by atoms with van der Waals surface area (Å²) in [6, 6.07) is 3.86. The molecule has 2 aromatic rings. The summed E-state index contributed by atoms with van der Waals surface area (Å²) in [4.78, 5) is 12.4. The molecule has 78 valence electrons. The van der Waals surface area contributed by atoms with Crippen molar-refractivity contribution < 1.29 is 0 Å². The second-order valence-corrected chi connectivity index (χ2v) is 3.52. The Balaban J connectivity index is 2.21. The van der Waals surface area contributed by atoms with Crippen molar-refractivity contribution in [1.29, 1.82) is 0 Å². The van der Waals surface area contributed by atoms with E-state index in [-0.39, 0.29) is 0 Å². The number of pyridine rings is 1. The Kier molecular flexibility index (Phi) is 2.93. The van der Waals surface area contributed by atoms with Gasteiger partial charge < -0.3 is 0 Å². The molecule has 0 saturated carbocycles. The lowest BCUT2D eigenvalue weighted by atomic mass is 10.2. The molecule has 0 radical (unpaired) electrons. The lowest BCUT2D eigenvalue weighted by molar-refractivity contribution is 1.09. The molecule has 0 aliphatic rings. The van der Waals surface area contributed by atoms with Gasteiger partial charge in [0.15, 0.2) is 0 Å². The largest absolute Gasteiger partial charge is 0.260 e. The van der Waals surface area contributed by atoms with Crippen molar-refractivity contribution in [2.24, 2.45) is 0 Å². The minimum Gasteiger partial charge on any atom is -0.260 e. The zero-order valence-electron chi connectivity index (χ0n) is 9.23. The highest BCUT2D eigenvalue weighted by Crippen LogP contribution is 1.97. The third-order valence-corrected chi connectivity index (χ3v) is 2.01. The molecule has 0 aliphatic heterocycles. The van der Waals surface area contributed by atoms with Crippen molar-refractivity contribution in [1.82, 2.24) is 15.0 Å². The van der Waals surface area contributed by atoms with Crippen molar-refractivity contribution in [2.45, 2.75) is 13.8 Å². The average Bonchev–Trinajstić information content (AvgIpc) is 2.30. The van der Waals surface area contributed by atoms with Gasteiger partial charge in [0.1, 0.15) is 0 Å². The molecule has 16 heavy (non-hydrogen) atoms. The van der Waals surface area contributed by atoms with Gasteiger partial charge in [-0.2, -0.15) is 0 Å². The molecule has 0 fully saturated rings. The van der Waals surface area contributed by atoms with Gasteiger partial charge in [-0.1, -0.05) is 5.92 Å². The van der Waals surface area contributed by atoms with Crippen LogP contribution in [-0.4, -0.2) is 15.0 Å². The normalized spacial score (nSPS) is 9.38. The van der Waals surface area contributed by atoms with Crippen LogP contribution in [0.1, 0.15) is 22.6 Å². The van der Waals surface area contributed by atoms with Crippen LogP contribution in [0.3, 0.4) is 0 Å². The Labute approximate surface area is 94.6 Å². The van der Waals surface area contributed by atoms with Gasteiger partial charge in [0.05, 0.1) is 0 Å². The van der Waals surface area contributed by atoms with Crippen LogP contribution in [0.5, 0.6) is 0 Å². The van der Waals surface area contributed by atoms with Crippen LogP contribution in [0.2, 0.25) is 0 Å². The summed E-state index contributed by atoms with van der Waals surface area (Å²) in [5.74, 6) is 6.40. The standard InChI is InChI=1S/C13H11N3/c1-10-7-15-13(16-8-10)6-5-12-4-3-11(2)14-9-12/h3-4,7-9H,1-2H3. The maximum absolute atomic E-state index is 4.16. The van der Waals surface area contributed by atoms with Gasteiger partial charge >= 0.3 is 0 Å². The van der Waals surface area contributed by atoms with Gasteiger partial charge in [0.2, 0.25) is 5.82 Å². The SMILES string of the molecule is Cc1cnc(C#Cc2ccc(C)nc2)nc1. The maximum atomic E-state index is 4.16. The lowest BCUT2D eigenvalue weighted by Gasteiger charge is -1.91. The van der Waals surface area contributed by atoms with E-state index in [4.69, 9.17) is 0 Å². The molecule has 2 rings (SSSR count). The van der Waals surface area contributed by atoms with E-state index < -0.39 is 0 Å². The average molecular weight is 209 g/mol. The third kappa shape index (κ3) is 2.64. The van der Waals surface area contributed by atoms with Gasteiger partial charge in [-0.15, -0.1) is 0 Å². The molecule has 3 heteroatoms. The number of nitrogens with zero attached hydrogens (tertiary/aromatic N) is 3. The highest BCUT2D eigenvalue weighted by Gasteiger charge is 1.90. The number of hydrogen-bond acceptors (Lipinski definition) is 3. The summed E-state index contributed by atoms with van der Waals surface area (Å²) in [5.41, 5.74) is 2.88. The summed E-state index contributed by atoms with van der Waals surface area (Å²) in [6.07, 6.45) is 5.26. The summed E-state index contributed by atoms with van der Waals surface area (Å²) in [5, 5.41) is 0. The monoisotopic (exact) mass is 209 g/mol. The van der Waals surface area contributed by atoms with Crippen LogP contribution < -0.4 is 0 Å². The molecule has 0 bridgehead atoms. The molecule has 0 aromatic carbocycles. The summed E-state index contributed by atoms with van der Waals surface area (Å²) >= 11 is 0. The van der Waals surface area contributed by atoms with Crippen molar-refractivity contribution in [2.75, 3.05) is 0 Å². The quantitative estimate of drug-likeness (QED) is 0.622. The Hall–Kier alpha value is -2.21. The fraction of sp³-hybridized carbons (Fsp3) is 0.154. The van der Waals surface area contributed by atoms with Crippen molar-refractivity contribution in [3.05, 3.63) is 53.4 Å². The van der Waals surface area contributed by atoms with E-state index >= 15 is 0 Å². The minimum absolute atomic E-state index is 0.533. The number of hydrogen-bond donors (Lipinski definition) is 0. The molecule has 3 nitrogen and oxygen atoms in total. The van der Waals surface area contributed by atoms with Crippen LogP contribution in [0.25, 0.3) is 0 Å². The van der Waals surface area contributed by atoms with E-state index in [1.807, 2.05) is 26.0 Å². The topological polar surface area (TPSA) is 38.7 Å². The summed E-state index contributed by atoms with van der Waals surface area (Å²) in [7, 11) is 0. The molecule has 0 saturated heterocycles. The summed E-state index contributed by atoms with van der Waals surface area (Å²) in [6.45, 7) is 3.89. The molecular formula is C13H11N3. The van der Waals surface area contributed by atoms with Crippen molar-refractivity contribution >= 4 is 0 Å². The first-order chi connectivity index (χ1) is 7.74. The smallest absolute Gasteiger partial charge is 0.205 e. The lowest BCUT2D eigenvalue weighted by Crippen LogP contribution is -1.88. The molecule has 0 aliphatic carbocycles. The van der Waals surface area contributed by atoms with Gasteiger partial charge in [-0.25, -0.2) is 9.97 Å². The Morgan fingerprint density at radius 1 is 0.875 bits per heavy atom. The summed E-state index contributed by atoms with van der Waals surface area (Å²) < 4.78 is 0. The van der Waals surface area contributed by atoms with E-state index in [9.17, 15) is 0 Å². The number of rotatable bonds is 0. The Morgan fingerprint density at radius 3 is 2.25 bits per heavy atom. The van der Waals surface area contributed by atoms with Crippen LogP contribution in [0.4, 0.5) is 0 Å². The molecule has 0 spiro atoms. The van der Waals surface area contributed by atoms with Gasteiger partial charge in [0, 0.05) is 29.8 Å². The van der Waals surface area contributed by atoms with Gasteiger partial charge in [0.25, 0.3) is 0 Å². The fourth-order valence-electron chi connectivity index (χ4n) is 1.13. The molecule has 2 aromatic heterocycles. The second-order valence-electron chi connectivity index (χ2n) is 3.52. The number of aromatic nitrogens is 3. The van der Waals surface area contributed by atoms with Crippen molar-refractivity contribution in [3.8, 4) is 11.8 Å². The van der Waals surface area contributed by atoms with E-state index in [1.165, 1.54) is 0 Å². The van der Waals surface area contributed by atoms with Crippen molar-refractivity contribution in [3.63, 3.8) is 0 Å². The number of aryl methyl sites for hydroxylation is 2. The molecule has 2 heterocycles. The molecule has 0 unspecified atom stereocenters. The predicted molar refractivity (Wildman–Crippen MR) is 61.7 cm³/mol. The first kappa shape index (κ1) is 10.3. The van der Waals surface area contributed by atoms with E-state index in [1.54, 1.807) is 18.6 Å². The van der Waals surface area contributed by atoms with E-state index in [2.05, 4.69) is 26.8 Å². The highest BCUT2D eigenvalue weighted by molar-refractivity contribution is 5.36. The fourth-order valence-corrected chi connectivity index (χ4v) is 1.13. The first-order valence-electron chi connectivity index (χ1n) is 4.97. The maximum Gasteiger partial charge on any atom is 0.205 e. The molecule has 0 amide bonds. The van der Waals surface area contributed by atoms with Crippen LogP contribution >= 0.6 is 0 Å². The van der Waals surface area contributed by atoms with Gasteiger partial charge in [-0.3, -0.25) is 4.98 Å². The third-order valence-electron chi connectivity index (χ3n) is 2.01. The van der Waals surface area contributed by atoms with Crippen LogP contribution in [0, 0.1) is 25.7 Å². The second kappa shape index (κ2) is 4.54. The zero-order valence-corrected chi connectivity index (χ0v) is 9.23.